The van der Waals surface area contributed by atoms with E-state index in [4.69, 9.17) is 9.47 Å². The van der Waals surface area contributed by atoms with Crippen LogP contribution in [0.3, 0.4) is 0 Å². The van der Waals surface area contributed by atoms with Crippen LogP contribution in [0.15, 0.2) is 57.1 Å². The lowest BCUT2D eigenvalue weighted by atomic mass is 10.1. The van der Waals surface area contributed by atoms with Crippen LogP contribution in [-0.2, 0) is 11.2 Å². The van der Waals surface area contributed by atoms with E-state index >= 15 is 0 Å². The molecule has 158 valence electrons. The van der Waals surface area contributed by atoms with Gasteiger partial charge in [0.25, 0.3) is 0 Å². The third-order valence-electron chi connectivity index (χ3n) is 4.41. The Morgan fingerprint density at radius 2 is 2.00 bits per heavy atom. The van der Waals surface area contributed by atoms with E-state index in [1.807, 2.05) is 42.5 Å². The van der Waals surface area contributed by atoms with Crippen molar-refractivity contribution >= 4 is 45.0 Å². The summed E-state index contributed by atoms with van der Waals surface area (Å²) in [7, 11) is 1.61. The zero-order valence-electron chi connectivity index (χ0n) is 16.9. The minimum absolute atomic E-state index is 0.0490. The number of halogens is 1. The molecule has 8 heteroatoms. The first-order valence-electron chi connectivity index (χ1n) is 9.73. The lowest BCUT2D eigenvalue weighted by Gasteiger charge is -2.10. The van der Waals surface area contributed by atoms with Gasteiger partial charge in [0.2, 0.25) is 5.91 Å². The Balaban J connectivity index is 1.59. The highest BCUT2D eigenvalue weighted by molar-refractivity contribution is 9.10. The van der Waals surface area contributed by atoms with Crippen LogP contribution in [0.25, 0.3) is 0 Å². The SMILES string of the molecule is CCCCOc1ccc(/C=N/N=C2\NC(=O)C(Cc3ccc(Br)cc3)S2)cc1OC. The number of hydrogen-bond donors (Lipinski definition) is 1. The van der Waals surface area contributed by atoms with Gasteiger partial charge in [-0.1, -0.05) is 53.2 Å². The van der Waals surface area contributed by atoms with Crippen molar-refractivity contribution in [1.29, 1.82) is 0 Å². The molecule has 0 aromatic heterocycles. The van der Waals surface area contributed by atoms with E-state index in [1.165, 1.54) is 11.8 Å². The maximum Gasteiger partial charge on any atom is 0.239 e. The van der Waals surface area contributed by atoms with Crippen molar-refractivity contribution in [2.75, 3.05) is 13.7 Å². The summed E-state index contributed by atoms with van der Waals surface area (Å²) in [6.45, 7) is 2.78. The van der Waals surface area contributed by atoms with Crippen LogP contribution in [-0.4, -0.2) is 36.3 Å². The molecule has 2 aromatic rings. The normalized spacial score (nSPS) is 17.5. The zero-order valence-corrected chi connectivity index (χ0v) is 19.3. The smallest absolute Gasteiger partial charge is 0.239 e. The number of carbonyl (C=O) groups is 1. The number of benzene rings is 2. The number of amidine groups is 1. The summed E-state index contributed by atoms with van der Waals surface area (Å²) in [5.41, 5.74) is 1.93. The number of rotatable bonds is 9. The molecule has 0 saturated carbocycles. The molecule has 2 aromatic carbocycles. The number of carbonyl (C=O) groups excluding carboxylic acids is 1. The predicted molar refractivity (Wildman–Crippen MR) is 126 cm³/mol. The van der Waals surface area contributed by atoms with Gasteiger partial charge in [0, 0.05) is 4.47 Å². The van der Waals surface area contributed by atoms with Crippen molar-refractivity contribution in [3.05, 3.63) is 58.1 Å². The Bertz CT molecular complexity index is 932. The summed E-state index contributed by atoms with van der Waals surface area (Å²) >= 11 is 4.81. The van der Waals surface area contributed by atoms with Crippen LogP contribution < -0.4 is 14.8 Å². The predicted octanol–water partition coefficient (Wildman–Crippen LogP) is 4.80. The van der Waals surface area contributed by atoms with E-state index in [9.17, 15) is 4.79 Å². The molecule has 1 fully saturated rings. The zero-order chi connectivity index (χ0) is 21.3. The Kier molecular flexibility index (Phi) is 8.33. The number of unbranched alkanes of at least 4 members (excludes halogenated alkanes) is 1. The van der Waals surface area contributed by atoms with Crippen LogP contribution in [0, 0.1) is 0 Å². The van der Waals surface area contributed by atoms with Gasteiger partial charge in [0.15, 0.2) is 16.7 Å². The molecule has 1 aliphatic rings. The Morgan fingerprint density at radius 1 is 1.20 bits per heavy atom. The van der Waals surface area contributed by atoms with E-state index in [2.05, 4.69) is 38.4 Å². The van der Waals surface area contributed by atoms with E-state index < -0.39 is 0 Å². The molecule has 30 heavy (non-hydrogen) atoms. The molecule has 0 radical (unpaired) electrons. The number of amides is 1. The minimum atomic E-state index is -0.209. The third-order valence-corrected chi connectivity index (χ3v) is 6.01. The summed E-state index contributed by atoms with van der Waals surface area (Å²) in [5, 5.41) is 11.4. The number of methoxy groups -OCH3 is 1. The second kappa shape index (κ2) is 11.2. The van der Waals surface area contributed by atoms with Gasteiger partial charge in [0.1, 0.15) is 0 Å². The van der Waals surface area contributed by atoms with Gasteiger partial charge in [-0.25, -0.2) is 0 Å². The monoisotopic (exact) mass is 489 g/mol. The van der Waals surface area contributed by atoms with E-state index in [-0.39, 0.29) is 11.2 Å². The van der Waals surface area contributed by atoms with E-state index in [0.29, 0.717) is 29.7 Å². The largest absolute Gasteiger partial charge is 0.493 e. The number of ether oxygens (including phenoxy) is 2. The van der Waals surface area contributed by atoms with Gasteiger partial charge >= 0.3 is 0 Å². The molecule has 1 aliphatic heterocycles. The first kappa shape index (κ1) is 22.4. The van der Waals surface area contributed by atoms with Crippen molar-refractivity contribution in [2.45, 2.75) is 31.4 Å². The topological polar surface area (TPSA) is 72.3 Å². The molecule has 0 spiro atoms. The second-order valence-corrected chi connectivity index (χ2v) is 8.80. The van der Waals surface area contributed by atoms with Crippen molar-refractivity contribution in [2.24, 2.45) is 10.2 Å². The summed E-state index contributed by atoms with van der Waals surface area (Å²) in [6, 6.07) is 13.6. The van der Waals surface area contributed by atoms with Gasteiger partial charge in [-0.3, -0.25) is 4.79 Å². The van der Waals surface area contributed by atoms with Crippen molar-refractivity contribution in [3.63, 3.8) is 0 Å². The fraction of sp³-hybridized carbons (Fsp3) is 0.318. The number of thioether (sulfide) groups is 1. The summed E-state index contributed by atoms with van der Waals surface area (Å²) < 4.78 is 12.2. The summed E-state index contributed by atoms with van der Waals surface area (Å²) in [6.07, 6.45) is 4.34. The van der Waals surface area contributed by atoms with Crippen LogP contribution in [0.1, 0.15) is 30.9 Å². The molecule has 6 nitrogen and oxygen atoms in total. The first-order valence-corrected chi connectivity index (χ1v) is 11.4. The van der Waals surface area contributed by atoms with Crippen molar-refractivity contribution in [3.8, 4) is 11.5 Å². The average molecular weight is 490 g/mol. The summed E-state index contributed by atoms with van der Waals surface area (Å²) in [4.78, 5) is 12.2. The van der Waals surface area contributed by atoms with Crippen LogP contribution >= 0.6 is 27.7 Å². The van der Waals surface area contributed by atoms with E-state index in [1.54, 1.807) is 13.3 Å². The van der Waals surface area contributed by atoms with Gasteiger partial charge in [0.05, 0.1) is 25.2 Å². The van der Waals surface area contributed by atoms with Gasteiger partial charge in [-0.05, 0) is 54.3 Å². The van der Waals surface area contributed by atoms with Crippen LogP contribution in [0.4, 0.5) is 0 Å². The van der Waals surface area contributed by atoms with Gasteiger partial charge in [-0.2, -0.15) is 5.10 Å². The maximum atomic E-state index is 12.2. The van der Waals surface area contributed by atoms with E-state index in [0.717, 1.165) is 28.4 Å². The number of nitrogens with zero attached hydrogens (tertiary/aromatic N) is 2. The third kappa shape index (κ3) is 6.34. The molecular formula is C22H24BrN3O3S. The molecule has 1 atom stereocenters. The molecule has 3 rings (SSSR count). The lowest BCUT2D eigenvalue weighted by Crippen LogP contribution is -2.25. The molecule has 0 bridgehead atoms. The molecule has 1 amide bonds. The number of hydrogen-bond acceptors (Lipinski definition) is 6. The quantitative estimate of drug-likeness (QED) is 0.312. The van der Waals surface area contributed by atoms with Crippen LogP contribution in [0.2, 0.25) is 0 Å². The molecule has 1 heterocycles. The maximum absolute atomic E-state index is 12.2. The minimum Gasteiger partial charge on any atom is -0.493 e. The molecular weight excluding hydrogens is 466 g/mol. The van der Waals surface area contributed by atoms with Gasteiger partial charge in [-0.15, -0.1) is 5.10 Å². The molecule has 1 N–H and O–H groups in total. The highest BCUT2D eigenvalue weighted by Crippen LogP contribution is 2.28. The van der Waals surface area contributed by atoms with Crippen molar-refractivity contribution < 1.29 is 14.3 Å². The fourth-order valence-corrected chi connectivity index (χ4v) is 4.01. The lowest BCUT2D eigenvalue weighted by molar-refractivity contribution is -0.118. The molecule has 1 unspecified atom stereocenters. The Hall–Kier alpha value is -2.32. The highest BCUT2D eigenvalue weighted by Gasteiger charge is 2.30. The Labute approximate surface area is 189 Å². The second-order valence-electron chi connectivity index (χ2n) is 6.69. The van der Waals surface area contributed by atoms with Crippen LogP contribution in [0.5, 0.6) is 11.5 Å². The summed E-state index contributed by atoms with van der Waals surface area (Å²) in [5.74, 6) is 1.32. The van der Waals surface area contributed by atoms with Crippen molar-refractivity contribution in [1.82, 2.24) is 5.32 Å². The molecule has 0 aliphatic carbocycles. The fourth-order valence-electron chi connectivity index (χ4n) is 2.78. The first-order chi connectivity index (χ1) is 14.6. The number of nitrogens with one attached hydrogen (secondary N) is 1. The van der Waals surface area contributed by atoms with Gasteiger partial charge < -0.3 is 14.8 Å². The standard InChI is InChI=1S/C22H24BrN3O3S/c1-3-4-11-29-18-10-7-16(12-19(18)28-2)14-24-26-22-25-21(27)20(30-22)13-15-5-8-17(23)9-6-15/h5-10,12,14,20H,3-4,11,13H2,1-2H3,(H,25,26,27)/b24-14+. The Morgan fingerprint density at radius 3 is 2.73 bits per heavy atom. The highest BCUT2D eigenvalue weighted by atomic mass is 79.9. The molecule has 1 saturated heterocycles. The average Bonchev–Trinajstić information content (AvgIpc) is 3.09.